The zero-order chi connectivity index (χ0) is 14.4. The van der Waals surface area contributed by atoms with Gasteiger partial charge < -0.3 is 11.1 Å². The van der Waals surface area contributed by atoms with E-state index < -0.39 is 0 Å². The summed E-state index contributed by atoms with van der Waals surface area (Å²) in [6, 6.07) is 8.10. The Morgan fingerprint density at radius 1 is 1.40 bits per heavy atom. The summed E-state index contributed by atoms with van der Waals surface area (Å²) in [6.45, 7) is 2.75. The molecule has 1 saturated carbocycles. The van der Waals surface area contributed by atoms with Crippen LogP contribution in [0.25, 0.3) is 0 Å². The number of nitrogens with two attached hydrogens (primary N) is 1. The molecule has 1 aromatic rings. The zero-order valence-electron chi connectivity index (χ0n) is 12.1. The lowest BCUT2D eigenvalue weighted by Crippen LogP contribution is -2.39. The van der Waals surface area contributed by atoms with Crippen molar-refractivity contribution in [1.29, 1.82) is 0 Å². The summed E-state index contributed by atoms with van der Waals surface area (Å²) in [4.78, 5) is 12.5. The van der Waals surface area contributed by atoms with Crippen LogP contribution in [0.2, 0.25) is 0 Å². The lowest BCUT2D eigenvalue weighted by Gasteiger charge is -2.21. The van der Waals surface area contributed by atoms with Crippen LogP contribution < -0.4 is 11.1 Å². The molecule has 1 amide bonds. The normalized spacial score (nSPS) is 21.9. The van der Waals surface area contributed by atoms with E-state index in [4.69, 9.17) is 5.73 Å². The molecular weight excluding hydrogens is 268 g/mol. The number of thioether (sulfide) groups is 1. The van der Waals surface area contributed by atoms with Crippen molar-refractivity contribution in [1.82, 2.24) is 5.32 Å². The van der Waals surface area contributed by atoms with Crippen LogP contribution in [0, 0.1) is 0 Å². The van der Waals surface area contributed by atoms with Gasteiger partial charge in [-0.2, -0.15) is 11.8 Å². The number of nitrogens with one attached hydrogen (secondary N) is 1. The van der Waals surface area contributed by atoms with E-state index in [2.05, 4.69) is 12.2 Å². The first-order chi connectivity index (χ1) is 9.76. The lowest BCUT2D eigenvalue weighted by molar-refractivity contribution is 0.0938. The average molecular weight is 292 g/mol. The molecular formula is C16H24N2OS. The molecule has 1 aliphatic carbocycles. The van der Waals surface area contributed by atoms with Crippen LogP contribution in [0.3, 0.4) is 0 Å². The molecule has 0 saturated heterocycles. The maximum absolute atomic E-state index is 12.5. The van der Waals surface area contributed by atoms with Gasteiger partial charge in [0.25, 0.3) is 5.91 Å². The van der Waals surface area contributed by atoms with Crippen LogP contribution >= 0.6 is 11.8 Å². The largest absolute Gasteiger partial charge is 0.348 e. The Balaban J connectivity index is 2.04. The van der Waals surface area contributed by atoms with E-state index in [0.29, 0.717) is 17.8 Å². The van der Waals surface area contributed by atoms with E-state index in [-0.39, 0.29) is 5.91 Å². The summed E-state index contributed by atoms with van der Waals surface area (Å²) in [6.07, 6.45) is 4.28. The summed E-state index contributed by atoms with van der Waals surface area (Å²) in [5, 5.41) is 3.80. The Labute approximate surface area is 125 Å². The highest BCUT2D eigenvalue weighted by atomic mass is 32.2. The van der Waals surface area contributed by atoms with Gasteiger partial charge in [-0.3, -0.25) is 4.79 Å². The van der Waals surface area contributed by atoms with Gasteiger partial charge in [-0.05, 0) is 43.2 Å². The fraction of sp³-hybridized carbons (Fsp3) is 0.562. The van der Waals surface area contributed by atoms with Crippen LogP contribution in [-0.4, -0.2) is 29.5 Å². The van der Waals surface area contributed by atoms with Crippen LogP contribution in [-0.2, 0) is 6.42 Å². The third kappa shape index (κ3) is 3.76. The highest BCUT2D eigenvalue weighted by Gasteiger charge is 2.28. The number of benzene rings is 1. The van der Waals surface area contributed by atoms with Crippen molar-refractivity contribution in [3.05, 3.63) is 35.4 Å². The molecule has 0 aromatic heterocycles. The maximum Gasteiger partial charge on any atom is 0.251 e. The second-order valence-corrected chi connectivity index (χ2v) is 6.72. The van der Waals surface area contributed by atoms with E-state index in [1.165, 1.54) is 12.8 Å². The van der Waals surface area contributed by atoms with Crippen molar-refractivity contribution in [3.63, 3.8) is 0 Å². The second kappa shape index (κ2) is 7.70. The van der Waals surface area contributed by atoms with Gasteiger partial charge in [0.05, 0.1) is 0 Å². The van der Waals surface area contributed by atoms with Crippen molar-refractivity contribution in [2.24, 2.45) is 5.73 Å². The van der Waals surface area contributed by atoms with Crippen LogP contribution in [0.15, 0.2) is 24.3 Å². The molecule has 2 atom stereocenters. The smallest absolute Gasteiger partial charge is 0.251 e. The Bertz CT molecular complexity index is 450. The van der Waals surface area contributed by atoms with E-state index in [9.17, 15) is 4.79 Å². The number of carbonyl (C=O) groups is 1. The van der Waals surface area contributed by atoms with E-state index in [1.807, 2.05) is 36.0 Å². The summed E-state index contributed by atoms with van der Waals surface area (Å²) in [5.74, 6) is 1.17. The number of hydrogen-bond donors (Lipinski definition) is 2. The third-order valence-electron chi connectivity index (χ3n) is 3.83. The molecule has 0 heterocycles. The summed E-state index contributed by atoms with van der Waals surface area (Å²) < 4.78 is 0. The Morgan fingerprint density at radius 3 is 2.95 bits per heavy atom. The van der Waals surface area contributed by atoms with Gasteiger partial charge in [-0.25, -0.2) is 0 Å². The van der Waals surface area contributed by atoms with Gasteiger partial charge >= 0.3 is 0 Å². The first kappa shape index (κ1) is 15.4. The quantitative estimate of drug-likeness (QED) is 0.847. The summed E-state index contributed by atoms with van der Waals surface area (Å²) in [7, 11) is 0. The second-order valence-electron chi connectivity index (χ2n) is 5.20. The van der Waals surface area contributed by atoms with Crippen LogP contribution in [0.1, 0.15) is 42.1 Å². The first-order valence-electron chi connectivity index (χ1n) is 7.46. The maximum atomic E-state index is 12.5. The summed E-state index contributed by atoms with van der Waals surface area (Å²) in [5.41, 5.74) is 7.45. The molecule has 1 fully saturated rings. The molecule has 2 unspecified atom stereocenters. The third-order valence-corrected chi connectivity index (χ3v) is 5.15. The minimum Gasteiger partial charge on any atom is -0.348 e. The molecule has 0 spiro atoms. The van der Waals surface area contributed by atoms with Gasteiger partial charge in [0.1, 0.15) is 0 Å². The lowest BCUT2D eigenvalue weighted by atomic mass is 10.0. The highest BCUT2D eigenvalue weighted by Crippen LogP contribution is 2.30. The van der Waals surface area contributed by atoms with Gasteiger partial charge in [0.15, 0.2) is 0 Å². The van der Waals surface area contributed by atoms with Crippen molar-refractivity contribution in [2.75, 3.05) is 12.3 Å². The van der Waals surface area contributed by atoms with Crippen molar-refractivity contribution < 1.29 is 4.79 Å². The summed E-state index contributed by atoms with van der Waals surface area (Å²) >= 11 is 1.96. The molecule has 20 heavy (non-hydrogen) atoms. The first-order valence-corrected chi connectivity index (χ1v) is 8.51. The van der Waals surface area contributed by atoms with E-state index in [0.717, 1.165) is 29.7 Å². The Hall–Kier alpha value is -1.00. The molecule has 0 radical (unpaired) electrons. The predicted octanol–water partition coefficient (Wildman–Crippen LogP) is 2.59. The molecule has 0 aliphatic heterocycles. The number of rotatable bonds is 6. The predicted molar refractivity (Wildman–Crippen MR) is 86.2 cm³/mol. The molecule has 2 rings (SSSR count). The van der Waals surface area contributed by atoms with Crippen molar-refractivity contribution >= 4 is 17.7 Å². The Morgan fingerprint density at radius 2 is 2.20 bits per heavy atom. The zero-order valence-corrected chi connectivity index (χ0v) is 12.9. The number of carbonyl (C=O) groups excluding carboxylic acids is 1. The topological polar surface area (TPSA) is 55.1 Å². The SMILES string of the molecule is CCSC1CCCC1NC(=O)c1ccccc1CCN. The molecule has 1 aliphatic rings. The molecule has 3 N–H and O–H groups in total. The highest BCUT2D eigenvalue weighted by molar-refractivity contribution is 7.99. The average Bonchev–Trinajstić information content (AvgIpc) is 2.87. The number of hydrogen-bond acceptors (Lipinski definition) is 3. The van der Waals surface area contributed by atoms with Crippen molar-refractivity contribution in [2.45, 2.75) is 43.9 Å². The minimum absolute atomic E-state index is 0.0580. The van der Waals surface area contributed by atoms with Gasteiger partial charge in [-0.1, -0.05) is 31.5 Å². The van der Waals surface area contributed by atoms with Gasteiger partial charge in [0, 0.05) is 16.9 Å². The standard InChI is InChI=1S/C16H24N2OS/c1-2-20-15-9-5-8-14(15)18-16(19)13-7-4-3-6-12(13)10-11-17/h3-4,6-7,14-15H,2,5,8-11,17H2,1H3,(H,18,19). The molecule has 0 bridgehead atoms. The molecule has 3 nitrogen and oxygen atoms in total. The monoisotopic (exact) mass is 292 g/mol. The molecule has 110 valence electrons. The van der Waals surface area contributed by atoms with Gasteiger partial charge in [-0.15, -0.1) is 0 Å². The van der Waals surface area contributed by atoms with Crippen LogP contribution in [0.5, 0.6) is 0 Å². The fourth-order valence-electron chi connectivity index (χ4n) is 2.87. The van der Waals surface area contributed by atoms with E-state index >= 15 is 0 Å². The van der Waals surface area contributed by atoms with E-state index in [1.54, 1.807) is 0 Å². The molecule has 4 heteroatoms. The van der Waals surface area contributed by atoms with Gasteiger partial charge in [0.2, 0.25) is 0 Å². The van der Waals surface area contributed by atoms with Crippen LogP contribution in [0.4, 0.5) is 0 Å². The fourth-order valence-corrected chi connectivity index (χ4v) is 4.06. The number of amides is 1. The minimum atomic E-state index is 0.0580. The molecule has 1 aromatic carbocycles. The Kier molecular flexibility index (Phi) is 5.92. The van der Waals surface area contributed by atoms with Crippen molar-refractivity contribution in [3.8, 4) is 0 Å².